The Kier molecular flexibility index (Phi) is 6.46. The summed E-state index contributed by atoms with van der Waals surface area (Å²) in [5.74, 6) is -0.787. The van der Waals surface area contributed by atoms with E-state index in [0.717, 1.165) is 23.6 Å². The number of carbonyl (C=O) groups is 1. The van der Waals surface area contributed by atoms with Crippen LogP contribution in [0.5, 0.6) is 0 Å². The van der Waals surface area contributed by atoms with E-state index >= 15 is 0 Å². The topological polar surface area (TPSA) is 87.7 Å². The van der Waals surface area contributed by atoms with Crippen molar-refractivity contribution in [2.45, 2.75) is 13.1 Å². The zero-order chi connectivity index (χ0) is 22.8. The maximum absolute atomic E-state index is 13.3. The lowest BCUT2D eigenvalue weighted by Crippen LogP contribution is -2.36. The zero-order valence-electron chi connectivity index (χ0n) is 16.9. The molecule has 1 amide bonds. The van der Waals surface area contributed by atoms with Gasteiger partial charge >= 0.3 is 6.18 Å². The van der Waals surface area contributed by atoms with Crippen LogP contribution < -0.4 is 14.9 Å². The second kappa shape index (κ2) is 8.75. The molecule has 1 aliphatic rings. The molecule has 0 radical (unpaired) electrons. The van der Waals surface area contributed by atoms with Gasteiger partial charge < -0.3 is 15.0 Å². The number of aryl methyl sites for hydroxylation is 1. The van der Waals surface area contributed by atoms with Crippen LogP contribution in [0.3, 0.4) is 0 Å². The van der Waals surface area contributed by atoms with Crippen LogP contribution in [-0.4, -0.2) is 46.9 Å². The lowest BCUT2D eigenvalue weighted by molar-refractivity contribution is -0.137. The minimum atomic E-state index is -4.75. The van der Waals surface area contributed by atoms with E-state index in [4.69, 9.17) is 4.74 Å². The summed E-state index contributed by atoms with van der Waals surface area (Å²) >= 11 is 0. The average molecular weight is 457 g/mol. The molecule has 1 heterocycles. The van der Waals surface area contributed by atoms with Crippen LogP contribution in [0.15, 0.2) is 36.4 Å². The normalized spacial score (nSPS) is 14.9. The number of nitrogens with one attached hydrogen (secondary N) is 2. The monoisotopic (exact) mass is 457 g/mol. The zero-order valence-corrected chi connectivity index (χ0v) is 17.7. The smallest absolute Gasteiger partial charge is 0.378 e. The molecule has 11 heteroatoms. The highest BCUT2D eigenvalue weighted by atomic mass is 32.2. The van der Waals surface area contributed by atoms with Gasteiger partial charge in [-0.3, -0.25) is 9.52 Å². The number of alkyl halides is 3. The van der Waals surface area contributed by atoms with Crippen LogP contribution >= 0.6 is 0 Å². The molecule has 2 aromatic carbocycles. The molecule has 168 valence electrons. The van der Waals surface area contributed by atoms with Crippen LogP contribution in [0.1, 0.15) is 21.5 Å². The summed E-state index contributed by atoms with van der Waals surface area (Å²) in [6.45, 7) is 4.29. The van der Waals surface area contributed by atoms with Crippen molar-refractivity contribution in [1.29, 1.82) is 0 Å². The summed E-state index contributed by atoms with van der Waals surface area (Å²) < 4.78 is 70.0. The number of hydrogen-bond acceptors (Lipinski definition) is 5. The molecule has 1 fully saturated rings. The highest BCUT2D eigenvalue weighted by Gasteiger charge is 2.32. The SMILES string of the molecule is Cc1ccc(N2CCOCC2)cc1NC(=O)c1cc(NS(C)(=O)=O)cc(C(F)(F)F)c1. The quantitative estimate of drug-likeness (QED) is 0.718. The van der Waals surface area contributed by atoms with Gasteiger partial charge in [-0.25, -0.2) is 8.42 Å². The van der Waals surface area contributed by atoms with Crippen LogP contribution in [0.2, 0.25) is 0 Å². The molecule has 1 saturated heterocycles. The summed E-state index contributed by atoms with van der Waals surface area (Å²) in [6, 6.07) is 7.85. The Balaban J connectivity index is 1.91. The van der Waals surface area contributed by atoms with E-state index in [0.29, 0.717) is 44.1 Å². The molecule has 0 bridgehead atoms. The number of rotatable bonds is 5. The maximum Gasteiger partial charge on any atom is 0.416 e. The first-order valence-corrected chi connectivity index (χ1v) is 11.3. The standard InChI is InChI=1S/C20H22F3N3O4S/c1-13-3-4-17(26-5-7-30-8-6-26)12-18(13)24-19(27)14-9-15(20(21,22)23)11-16(10-14)25-31(2,28)29/h3-4,9-12,25H,5-8H2,1-2H3,(H,24,27). The highest BCUT2D eigenvalue weighted by molar-refractivity contribution is 7.92. The third-order valence-electron chi connectivity index (χ3n) is 4.67. The molecule has 2 N–H and O–H groups in total. The summed E-state index contributed by atoms with van der Waals surface area (Å²) in [4.78, 5) is 14.8. The van der Waals surface area contributed by atoms with Gasteiger partial charge in [-0.05, 0) is 42.8 Å². The Morgan fingerprint density at radius 1 is 1.10 bits per heavy atom. The van der Waals surface area contributed by atoms with Crippen LogP contribution in [0, 0.1) is 6.92 Å². The van der Waals surface area contributed by atoms with E-state index in [1.165, 1.54) is 0 Å². The number of nitrogens with zero attached hydrogens (tertiary/aromatic N) is 1. The van der Waals surface area contributed by atoms with Crippen LogP contribution in [0.25, 0.3) is 0 Å². The van der Waals surface area contributed by atoms with Crippen molar-refractivity contribution >= 4 is 33.0 Å². The fourth-order valence-corrected chi connectivity index (χ4v) is 3.70. The van der Waals surface area contributed by atoms with Gasteiger partial charge in [-0.1, -0.05) is 6.07 Å². The van der Waals surface area contributed by atoms with Gasteiger partial charge in [0.05, 0.1) is 25.0 Å². The lowest BCUT2D eigenvalue weighted by atomic mass is 10.1. The predicted octanol–water partition coefficient (Wildman–Crippen LogP) is 3.47. The molecule has 0 saturated carbocycles. The minimum absolute atomic E-state index is 0.322. The average Bonchev–Trinajstić information content (AvgIpc) is 2.68. The summed E-state index contributed by atoms with van der Waals surface area (Å²) in [5.41, 5.74) is 0.229. The highest BCUT2D eigenvalue weighted by Crippen LogP contribution is 2.33. The lowest BCUT2D eigenvalue weighted by Gasteiger charge is -2.29. The Hall–Kier alpha value is -2.79. The Morgan fingerprint density at radius 3 is 2.39 bits per heavy atom. The number of sulfonamides is 1. The van der Waals surface area contributed by atoms with Crippen LogP contribution in [0.4, 0.5) is 30.2 Å². The van der Waals surface area contributed by atoms with E-state index in [-0.39, 0.29) is 11.3 Å². The molecular weight excluding hydrogens is 435 g/mol. The molecule has 0 unspecified atom stereocenters. The van der Waals surface area contributed by atoms with Crippen molar-refractivity contribution in [1.82, 2.24) is 0 Å². The maximum atomic E-state index is 13.3. The minimum Gasteiger partial charge on any atom is -0.378 e. The third-order valence-corrected chi connectivity index (χ3v) is 5.28. The van der Waals surface area contributed by atoms with Gasteiger partial charge in [0.1, 0.15) is 0 Å². The number of ether oxygens (including phenoxy) is 1. The van der Waals surface area contributed by atoms with E-state index in [1.807, 2.05) is 16.9 Å². The number of morpholine rings is 1. The first-order chi connectivity index (χ1) is 14.4. The second-order valence-electron chi connectivity index (χ2n) is 7.22. The van der Waals surface area contributed by atoms with Crippen molar-refractivity contribution in [2.75, 3.05) is 47.5 Å². The van der Waals surface area contributed by atoms with Crippen molar-refractivity contribution in [3.8, 4) is 0 Å². The number of carbonyl (C=O) groups excluding carboxylic acids is 1. The molecule has 0 spiro atoms. The molecule has 3 rings (SSSR count). The fourth-order valence-electron chi connectivity index (χ4n) is 3.15. The Morgan fingerprint density at radius 2 is 1.77 bits per heavy atom. The van der Waals surface area contributed by atoms with Crippen LogP contribution in [-0.2, 0) is 20.9 Å². The molecule has 2 aromatic rings. The van der Waals surface area contributed by atoms with Gasteiger partial charge in [-0.2, -0.15) is 13.2 Å². The number of hydrogen-bond donors (Lipinski definition) is 2. The van der Waals surface area contributed by atoms with Gasteiger partial charge in [0, 0.05) is 35.7 Å². The van der Waals surface area contributed by atoms with Crippen molar-refractivity contribution in [2.24, 2.45) is 0 Å². The Bertz CT molecular complexity index is 1080. The van der Waals surface area contributed by atoms with E-state index in [1.54, 1.807) is 13.0 Å². The number of anilines is 3. The third kappa shape index (κ3) is 6.11. The van der Waals surface area contributed by atoms with Gasteiger partial charge in [0.2, 0.25) is 10.0 Å². The molecule has 0 aliphatic carbocycles. The molecule has 0 aromatic heterocycles. The first kappa shape index (κ1) is 22.9. The summed E-state index contributed by atoms with van der Waals surface area (Å²) in [5, 5.41) is 2.63. The molecule has 0 atom stereocenters. The van der Waals surface area contributed by atoms with Gasteiger partial charge in [0.15, 0.2) is 0 Å². The van der Waals surface area contributed by atoms with E-state index in [9.17, 15) is 26.4 Å². The number of halogens is 3. The molecule has 7 nitrogen and oxygen atoms in total. The molecular formula is C20H22F3N3O4S. The number of benzene rings is 2. The predicted molar refractivity (Wildman–Crippen MR) is 112 cm³/mol. The van der Waals surface area contributed by atoms with Crippen molar-refractivity contribution in [3.05, 3.63) is 53.1 Å². The summed E-state index contributed by atoms with van der Waals surface area (Å²) in [6.07, 6.45) is -3.94. The summed E-state index contributed by atoms with van der Waals surface area (Å²) in [7, 11) is -3.83. The van der Waals surface area contributed by atoms with E-state index in [2.05, 4.69) is 10.2 Å². The second-order valence-corrected chi connectivity index (χ2v) is 8.97. The Labute approximate surface area is 178 Å². The van der Waals surface area contributed by atoms with E-state index < -0.39 is 27.7 Å². The molecule has 31 heavy (non-hydrogen) atoms. The largest absolute Gasteiger partial charge is 0.416 e. The van der Waals surface area contributed by atoms with Gasteiger partial charge in [-0.15, -0.1) is 0 Å². The van der Waals surface area contributed by atoms with Crippen molar-refractivity contribution < 1.29 is 31.1 Å². The number of amides is 1. The molecule has 1 aliphatic heterocycles. The van der Waals surface area contributed by atoms with Gasteiger partial charge in [0.25, 0.3) is 5.91 Å². The fraction of sp³-hybridized carbons (Fsp3) is 0.350. The van der Waals surface area contributed by atoms with Crippen molar-refractivity contribution in [3.63, 3.8) is 0 Å². The first-order valence-electron chi connectivity index (χ1n) is 9.37.